The Morgan fingerprint density at radius 1 is 1.20 bits per heavy atom. The molecule has 0 amide bonds. The molecule has 0 atom stereocenters. The molecule has 0 spiro atoms. The van der Waals surface area contributed by atoms with E-state index >= 15 is 0 Å². The molecule has 4 heteroatoms. The first-order valence-electron chi connectivity index (χ1n) is 7.50. The molecule has 0 unspecified atom stereocenters. The van der Waals surface area contributed by atoms with Gasteiger partial charge >= 0.3 is 0 Å². The van der Waals surface area contributed by atoms with E-state index in [2.05, 4.69) is 34.2 Å². The molecule has 1 aliphatic rings. The van der Waals surface area contributed by atoms with E-state index in [1.165, 1.54) is 49.8 Å². The van der Waals surface area contributed by atoms with Crippen LogP contribution in [0.3, 0.4) is 0 Å². The summed E-state index contributed by atoms with van der Waals surface area (Å²) < 4.78 is 0. The Morgan fingerprint density at radius 2 is 2.00 bits per heavy atom. The molecule has 108 valence electrons. The Kier molecular flexibility index (Phi) is 4.86. The Bertz CT molecular complexity index is 510. The first-order chi connectivity index (χ1) is 9.83. The second-order valence-electron chi connectivity index (χ2n) is 5.72. The second kappa shape index (κ2) is 6.83. The smallest absolute Gasteiger partial charge is 0.124 e. The maximum Gasteiger partial charge on any atom is 0.124 e. The summed E-state index contributed by atoms with van der Waals surface area (Å²) in [5, 5.41) is 7.68. The van der Waals surface area contributed by atoms with Crippen LogP contribution < -0.4 is 0 Å². The molecule has 0 radical (unpaired) electrons. The minimum atomic E-state index is 0.754. The normalized spacial score (nSPS) is 17.5. The van der Waals surface area contributed by atoms with Crippen molar-refractivity contribution < 1.29 is 0 Å². The molecular formula is C16H22N2S2. The zero-order valence-electron chi connectivity index (χ0n) is 12.0. The molecule has 0 aromatic carbocycles. The largest absolute Gasteiger partial charge is 0.298 e. The van der Waals surface area contributed by atoms with Crippen LogP contribution in [0.15, 0.2) is 22.2 Å². The van der Waals surface area contributed by atoms with Crippen LogP contribution in [0, 0.1) is 0 Å². The van der Waals surface area contributed by atoms with Gasteiger partial charge in [-0.3, -0.25) is 4.90 Å². The summed E-state index contributed by atoms with van der Waals surface area (Å²) in [7, 11) is 2.26. The molecule has 3 rings (SSSR count). The molecule has 0 bridgehead atoms. The van der Waals surface area contributed by atoms with Crippen molar-refractivity contribution in [3.63, 3.8) is 0 Å². The quantitative estimate of drug-likeness (QED) is 0.737. The molecule has 0 aliphatic heterocycles. The fourth-order valence-electron chi connectivity index (χ4n) is 2.98. The molecule has 2 aromatic rings. The molecule has 1 saturated carbocycles. The standard InChI is InChI=1S/C16H22N2S2/c1-18(15-6-4-2-3-5-7-15)10-14-12-20-16(17-14)13-8-9-19-11-13/h8-9,11-12,15H,2-7,10H2,1H3. The highest BCUT2D eigenvalue weighted by Gasteiger charge is 2.18. The number of hydrogen-bond donors (Lipinski definition) is 0. The molecule has 1 fully saturated rings. The van der Waals surface area contributed by atoms with E-state index < -0.39 is 0 Å². The van der Waals surface area contributed by atoms with E-state index in [1.54, 1.807) is 22.7 Å². The lowest BCUT2D eigenvalue weighted by Crippen LogP contribution is -2.30. The van der Waals surface area contributed by atoms with Gasteiger partial charge in [0.2, 0.25) is 0 Å². The van der Waals surface area contributed by atoms with Gasteiger partial charge in [-0.1, -0.05) is 25.7 Å². The predicted molar refractivity (Wildman–Crippen MR) is 88.4 cm³/mol. The zero-order chi connectivity index (χ0) is 13.8. The van der Waals surface area contributed by atoms with Crippen molar-refractivity contribution in [1.29, 1.82) is 0 Å². The average molecular weight is 307 g/mol. The zero-order valence-corrected chi connectivity index (χ0v) is 13.7. The van der Waals surface area contributed by atoms with Gasteiger partial charge in [0.15, 0.2) is 0 Å². The van der Waals surface area contributed by atoms with Gasteiger partial charge in [0, 0.05) is 28.9 Å². The molecule has 1 aliphatic carbocycles. The van der Waals surface area contributed by atoms with Crippen molar-refractivity contribution in [2.45, 2.75) is 51.1 Å². The van der Waals surface area contributed by atoms with E-state index in [0.29, 0.717) is 0 Å². The summed E-state index contributed by atoms with van der Waals surface area (Å²) in [4.78, 5) is 7.31. The lowest BCUT2D eigenvalue weighted by molar-refractivity contribution is 0.211. The molecule has 20 heavy (non-hydrogen) atoms. The van der Waals surface area contributed by atoms with Gasteiger partial charge in [-0.2, -0.15) is 11.3 Å². The van der Waals surface area contributed by atoms with Crippen LogP contribution in [0.1, 0.15) is 44.2 Å². The Labute approximate surface area is 129 Å². The predicted octanol–water partition coefficient (Wildman–Crippen LogP) is 5.03. The van der Waals surface area contributed by atoms with Gasteiger partial charge in [-0.25, -0.2) is 4.98 Å². The van der Waals surface area contributed by atoms with Crippen LogP contribution >= 0.6 is 22.7 Å². The number of hydrogen-bond acceptors (Lipinski definition) is 4. The summed E-state index contributed by atoms with van der Waals surface area (Å²) in [5.74, 6) is 0. The van der Waals surface area contributed by atoms with Gasteiger partial charge in [0.05, 0.1) is 5.69 Å². The number of aromatic nitrogens is 1. The molecule has 2 aromatic heterocycles. The third-order valence-corrected chi connectivity index (χ3v) is 5.80. The van der Waals surface area contributed by atoms with E-state index in [0.717, 1.165) is 17.6 Å². The van der Waals surface area contributed by atoms with E-state index in [-0.39, 0.29) is 0 Å². The maximum atomic E-state index is 4.79. The van der Waals surface area contributed by atoms with Crippen molar-refractivity contribution in [3.05, 3.63) is 27.9 Å². The number of rotatable bonds is 4. The van der Waals surface area contributed by atoms with Crippen molar-refractivity contribution >= 4 is 22.7 Å². The minimum absolute atomic E-state index is 0.754. The van der Waals surface area contributed by atoms with E-state index in [4.69, 9.17) is 4.98 Å². The van der Waals surface area contributed by atoms with E-state index in [9.17, 15) is 0 Å². The highest BCUT2D eigenvalue weighted by atomic mass is 32.1. The number of nitrogens with zero attached hydrogens (tertiary/aromatic N) is 2. The third-order valence-electron chi connectivity index (χ3n) is 4.18. The van der Waals surface area contributed by atoms with Gasteiger partial charge in [0.25, 0.3) is 0 Å². The third kappa shape index (κ3) is 3.48. The number of thiophene rings is 1. The fraction of sp³-hybridized carbons (Fsp3) is 0.562. The first kappa shape index (κ1) is 14.2. The van der Waals surface area contributed by atoms with Crippen LogP contribution in [0.4, 0.5) is 0 Å². The Hall–Kier alpha value is -0.710. The van der Waals surface area contributed by atoms with Crippen molar-refractivity contribution in [2.24, 2.45) is 0 Å². The average Bonchev–Trinajstić information content (AvgIpc) is 3.05. The summed E-state index contributed by atoms with van der Waals surface area (Å²) in [5.41, 5.74) is 2.49. The van der Waals surface area contributed by atoms with Crippen LogP contribution in [0.25, 0.3) is 10.6 Å². The summed E-state index contributed by atoms with van der Waals surface area (Å²) in [6, 6.07) is 2.91. The molecule has 0 N–H and O–H groups in total. The lowest BCUT2D eigenvalue weighted by atomic mass is 10.1. The maximum absolute atomic E-state index is 4.79. The first-order valence-corrected chi connectivity index (χ1v) is 9.32. The Balaban J connectivity index is 1.62. The topological polar surface area (TPSA) is 16.1 Å². The van der Waals surface area contributed by atoms with Gasteiger partial charge < -0.3 is 0 Å². The molecule has 2 nitrogen and oxygen atoms in total. The summed E-state index contributed by atoms with van der Waals surface area (Å²) in [6.45, 7) is 0.991. The van der Waals surface area contributed by atoms with Crippen LogP contribution in [0.2, 0.25) is 0 Å². The fourth-order valence-corrected chi connectivity index (χ4v) is 4.50. The van der Waals surface area contributed by atoms with Crippen molar-refractivity contribution in [2.75, 3.05) is 7.05 Å². The van der Waals surface area contributed by atoms with Crippen molar-refractivity contribution in [1.82, 2.24) is 9.88 Å². The Morgan fingerprint density at radius 3 is 2.70 bits per heavy atom. The molecule has 2 heterocycles. The summed E-state index contributed by atoms with van der Waals surface area (Å²) in [6.07, 6.45) is 8.35. The minimum Gasteiger partial charge on any atom is -0.298 e. The molecule has 0 saturated heterocycles. The van der Waals surface area contributed by atoms with E-state index in [1.807, 2.05) is 0 Å². The highest BCUT2D eigenvalue weighted by Crippen LogP contribution is 2.27. The van der Waals surface area contributed by atoms with Gasteiger partial charge in [-0.05, 0) is 31.3 Å². The summed E-state index contributed by atoms with van der Waals surface area (Å²) >= 11 is 3.51. The second-order valence-corrected chi connectivity index (χ2v) is 7.35. The van der Waals surface area contributed by atoms with Crippen LogP contribution in [-0.2, 0) is 6.54 Å². The van der Waals surface area contributed by atoms with Crippen LogP contribution in [-0.4, -0.2) is 23.0 Å². The van der Waals surface area contributed by atoms with Crippen LogP contribution in [0.5, 0.6) is 0 Å². The SMILES string of the molecule is CN(Cc1csc(-c2ccsc2)n1)C1CCCCCC1. The van der Waals surface area contributed by atoms with Gasteiger partial charge in [0.1, 0.15) is 5.01 Å². The van der Waals surface area contributed by atoms with Gasteiger partial charge in [-0.15, -0.1) is 11.3 Å². The number of thiazole rings is 1. The monoisotopic (exact) mass is 306 g/mol. The highest BCUT2D eigenvalue weighted by molar-refractivity contribution is 7.14. The lowest BCUT2D eigenvalue weighted by Gasteiger charge is -2.26. The molecular weight excluding hydrogens is 284 g/mol. The van der Waals surface area contributed by atoms with Crippen molar-refractivity contribution in [3.8, 4) is 10.6 Å².